The molecule has 2 aromatic rings. The molecule has 0 aromatic heterocycles. The van der Waals surface area contributed by atoms with Crippen molar-refractivity contribution in [2.24, 2.45) is 4.99 Å². The van der Waals surface area contributed by atoms with Gasteiger partial charge in [-0.3, -0.25) is 9.59 Å². The smallest absolute Gasteiger partial charge is 0.279 e. The molecule has 1 heterocycles. The second kappa shape index (κ2) is 6.58. The van der Waals surface area contributed by atoms with Crippen LogP contribution in [-0.4, -0.2) is 17.0 Å². The van der Waals surface area contributed by atoms with Crippen LogP contribution in [0, 0.1) is 5.82 Å². The average molecular weight is 326 g/mol. The van der Waals surface area contributed by atoms with Crippen LogP contribution < -0.4 is 5.32 Å². The Morgan fingerprint density at radius 2 is 1.78 bits per heavy atom. The first kappa shape index (κ1) is 15.2. The summed E-state index contributed by atoms with van der Waals surface area (Å²) in [6, 6.07) is 14.4. The molecule has 1 N–H and O–H groups in total. The summed E-state index contributed by atoms with van der Waals surface area (Å²) in [6.45, 7) is 0. The Hall–Kier alpha value is -2.73. The minimum absolute atomic E-state index is 0.234. The average Bonchev–Trinajstić information content (AvgIpc) is 2.90. The quantitative estimate of drug-likeness (QED) is 0.862. The maximum absolute atomic E-state index is 12.9. The number of nitrogens with zero attached hydrogens (tertiary/aromatic N) is 1. The molecule has 0 aliphatic carbocycles. The lowest BCUT2D eigenvalue weighted by molar-refractivity contribution is -0.115. The van der Waals surface area contributed by atoms with Gasteiger partial charge < -0.3 is 5.32 Å². The fraction of sp³-hybridized carbons (Fsp3) is 0. The van der Waals surface area contributed by atoms with Gasteiger partial charge in [0.15, 0.2) is 5.17 Å². The number of amides is 2. The third-order valence-electron chi connectivity index (χ3n) is 3.04. The predicted molar refractivity (Wildman–Crippen MR) is 88.3 cm³/mol. The van der Waals surface area contributed by atoms with Crippen molar-refractivity contribution in [3.8, 4) is 0 Å². The number of nitrogens with one attached hydrogen (secondary N) is 1. The lowest BCUT2D eigenvalue weighted by Gasteiger charge is -1.96. The van der Waals surface area contributed by atoms with Crippen molar-refractivity contribution in [1.82, 2.24) is 5.32 Å². The minimum Gasteiger partial charge on any atom is -0.300 e. The highest BCUT2D eigenvalue weighted by molar-refractivity contribution is 8.18. The summed E-state index contributed by atoms with van der Waals surface area (Å²) in [5.41, 5.74) is 1.14. The topological polar surface area (TPSA) is 58.5 Å². The number of rotatable bonds is 2. The maximum Gasteiger partial charge on any atom is 0.279 e. The predicted octanol–water partition coefficient (Wildman–Crippen LogP) is 3.23. The summed E-state index contributed by atoms with van der Waals surface area (Å²) in [5.74, 6) is -1.10. The molecule has 1 aliphatic heterocycles. The number of benzene rings is 2. The Morgan fingerprint density at radius 3 is 2.48 bits per heavy atom. The van der Waals surface area contributed by atoms with E-state index in [2.05, 4.69) is 10.3 Å². The van der Waals surface area contributed by atoms with Crippen molar-refractivity contribution >= 4 is 34.8 Å². The van der Waals surface area contributed by atoms with Crippen LogP contribution >= 0.6 is 11.8 Å². The molecule has 2 aromatic carbocycles. The lowest BCUT2D eigenvalue weighted by atomic mass is 10.2. The third-order valence-corrected chi connectivity index (χ3v) is 3.95. The van der Waals surface area contributed by atoms with E-state index in [-0.39, 0.29) is 16.9 Å². The van der Waals surface area contributed by atoms with E-state index in [0.29, 0.717) is 16.0 Å². The molecule has 0 saturated carbocycles. The fourth-order valence-corrected chi connectivity index (χ4v) is 2.75. The van der Waals surface area contributed by atoms with Crippen LogP contribution in [0.2, 0.25) is 0 Å². The molecule has 6 heteroatoms. The number of amidine groups is 1. The standard InChI is InChI=1S/C17H11FN2O2S/c18-13-8-6-11(7-9-13)10-14-16(22)20-17(23-14)19-15(21)12-4-2-1-3-5-12/h1-10H,(H,19,20,21,22)/b14-10-. The van der Waals surface area contributed by atoms with E-state index in [1.54, 1.807) is 48.5 Å². The highest BCUT2D eigenvalue weighted by atomic mass is 32.2. The van der Waals surface area contributed by atoms with Gasteiger partial charge in [0.25, 0.3) is 11.8 Å². The van der Waals surface area contributed by atoms with Crippen LogP contribution in [0.15, 0.2) is 64.5 Å². The van der Waals surface area contributed by atoms with Crippen LogP contribution in [0.4, 0.5) is 4.39 Å². The van der Waals surface area contributed by atoms with Crippen molar-refractivity contribution in [1.29, 1.82) is 0 Å². The molecule has 1 saturated heterocycles. The van der Waals surface area contributed by atoms with E-state index in [9.17, 15) is 14.0 Å². The molecule has 3 rings (SSSR count). The zero-order chi connectivity index (χ0) is 16.2. The van der Waals surface area contributed by atoms with Gasteiger partial charge in [-0.15, -0.1) is 0 Å². The maximum atomic E-state index is 12.9. The molecule has 114 valence electrons. The highest BCUT2D eigenvalue weighted by Crippen LogP contribution is 2.26. The Labute approximate surface area is 136 Å². The molecule has 0 spiro atoms. The number of aliphatic imine (C=N–C) groups is 1. The number of carbonyl (C=O) groups excluding carboxylic acids is 2. The first-order valence-electron chi connectivity index (χ1n) is 6.76. The monoisotopic (exact) mass is 326 g/mol. The van der Waals surface area contributed by atoms with Crippen LogP contribution in [0.3, 0.4) is 0 Å². The first-order valence-corrected chi connectivity index (χ1v) is 7.58. The van der Waals surface area contributed by atoms with E-state index in [4.69, 9.17) is 0 Å². The molecular formula is C17H11FN2O2S. The van der Waals surface area contributed by atoms with Crippen molar-refractivity contribution in [2.75, 3.05) is 0 Å². The number of hydrogen-bond acceptors (Lipinski definition) is 3. The number of hydrogen-bond donors (Lipinski definition) is 1. The molecule has 0 unspecified atom stereocenters. The zero-order valence-corrected chi connectivity index (χ0v) is 12.6. The fourth-order valence-electron chi connectivity index (χ4n) is 1.93. The van der Waals surface area contributed by atoms with E-state index >= 15 is 0 Å². The van der Waals surface area contributed by atoms with Crippen molar-refractivity contribution in [3.63, 3.8) is 0 Å². The number of carbonyl (C=O) groups is 2. The molecule has 0 atom stereocenters. The Balaban J connectivity index is 1.78. The number of thioether (sulfide) groups is 1. The second-order valence-corrected chi connectivity index (χ2v) is 5.74. The van der Waals surface area contributed by atoms with Crippen LogP contribution in [0.1, 0.15) is 15.9 Å². The van der Waals surface area contributed by atoms with E-state index in [1.807, 2.05) is 0 Å². The Kier molecular flexibility index (Phi) is 4.34. The van der Waals surface area contributed by atoms with Gasteiger partial charge in [0, 0.05) is 5.56 Å². The van der Waals surface area contributed by atoms with Crippen molar-refractivity contribution < 1.29 is 14.0 Å². The van der Waals surface area contributed by atoms with E-state index in [1.165, 1.54) is 12.1 Å². The normalized spacial score (nSPS) is 17.5. The Morgan fingerprint density at radius 1 is 1.09 bits per heavy atom. The highest BCUT2D eigenvalue weighted by Gasteiger charge is 2.24. The number of halogens is 1. The molecule has 1 fully saturated rings. The van der Waals surface area contributed by atoms with Crippen LogP contribution in [-0.2, 0) is 4.79 Å². The van der Waals surface area contributed by atoms with Gasteiger partial charge in [-0.1, -0.05) is 30.3 Å². The van der Waals surface area contributed by atoms with Crippen LogP contribution in [0.5, 0.6) is 0 Å². The third kappa shape index (κ3) is 3.73. The summed E-state index contributed by atoms with van der Waals surface area (Å²) in [5, 5.41) is 2.78. The minimum atomic E-state index is -0.420. The summed E-state index contributed by atoms with van der Waals surface area (Å²) in [7, 11) is 0. The second-order valence-electron chi connectivity index (χ2n) is 4.70. The lowest BCUT2D eigenvalue weighted by Crippen LogP contribution is -2.20. The van der Waals surface area contributed by atoms with E-state index in [0.717, 1.165) is 11.8 Å². The van der Waals surface area contributed by atoms with Gasteiger partial charge in [-0.2, -0.15) is 4.99 Å². The van der Waals surface area contributed by atoms with Gasteiger partial charge in [0.2, 0.25) is 0 Å². The molecule has 2 amide bonds. The van der Waals surface area contributed by atoms with Gasteiger partial charge in [-0.05, 0) is 47.7 Å². The summed E-state index contributed by atoms with van der Waals surface area (Å²) in [6.07, 6.45) is 1.62. The SMILES string of the molecule is O=C1NC(=NC(=O)c2ccccc2)S/C1=C\c1ccc(F)cc1. The van der Waals surface area contributed by atoms with E-state index < -0.39 is 5.91 Å². The molecular weight excluding hydrogens is 315 g/mol. The van der Waals surface area contributed by atoms with Crippen LogP contribution in [0.25, 0.3) is 6.08 Å². The molecule has 0 radical (unpaired) electrons. The van der Waals surface area contributed by atoms with Gasteiger partial charge >= 0.3 is 0 Å². The molecule has 4 nitrogen and oxygen atoms in total. The largest absolute Gasteiger partial charge is 0.300 e. The summed E-state index contributed by atoms with van der Waals surface area (Å²) < 4.78 is 12.9. The zero-order valence-electron chi connectivity index (χ0n) is 11.8. The molecule has 0 bridgehead atoms. The summed E-state index contributed by atoms with van der Waals surface area (Å²) >= 11 is 1.08. The van der Waals surface area contributed by atoms with Crippen molar-refractivity contribution in [2.45, 2.75) is 0 Å². The first-order chi connectivity index (χ1) is 11.1. The van der Waals surface area contributed by atoms with Crippen molar-refractivity contribution in [3.05, 3.63) is 76.4 Å². The van der Waals surface area contributed by atoms with Gasteiger partial charge in [0.05, 0.1) is 4.91 Å². The van der Waals surface area contributed by atoms with Gasteiger partial charge in [0.1, 0.15) is 5.82 Å². The molecule has 1 aliphatic rings. The van der Waals surface area contributed by atoms with Gasteiger partial charge in [-0.25, -0.2) is 4.39 Å². The summed E-state index contributed by atoms with van der Waals surface area (Å²) in [4.78, 5) is 28.2. The Bertz CT molecular complexity index is 814. The molecule has 23 heavy (non-hydrogen) atoms.